The monoisotopic (exact) mass is 255 g/mol. The highest BCUT2D eigenvalue weighted by atomic mass is 79.9. The zero-order chi connectivity index (χ0) is 10.1. The van der Waals surface area contributed by atoms with Crippen LogP contribution in [0.15, 0.2) is 17.0 Å². The minimum absolute atomic E-state index is 0.130. The molecule has 0 aromatic carbocycles. The van der Waals surface area contributed by atoms with Crippen LogP contribution < -0.4 is 11.6 Å². The van der Waals surface area contributed by atoms with E-state index in [1.54, 1.807) is 6.20 Å². The predicted octanol–water partition coefficient (Wildman–Crippen LogP) is -0.206. The third-order valence-corrected chi connectivity index (χ3v) is 2.18. The molecular formula is C6H6BrN7. The first-order chi connectivity index (χ1) is 6.70. The molecule has 0 unspecified atom stereocenters. The molecule has 2 aromatic heterocycles. The molecule has 0 atom stereocenters. The highest BCUT2D eigenvalue weighted by Crippen LogP contribution is 2.22. The normalized spacial score (nSPS) is 10.4. The molecule has 2 heterocycles. The van der Waals surface area contributed by atoms with E-state index in [0.717, 1.165) is 4.68 Å². The summed E-state index contributed by atoms with van der Waals surface area (Å²) in [6.07, 6.45) is 2.98. The Balaban J connectivity index is 2.60. The van der Waals surface area contributed by atoms with Gasteiger partial charge in [-0.2, -0.15) is 0 Å². The van der Waals surface area contributed by atoms with E-state index in [4.69, 9.17) is 11.6 Å². The van der Waals surface area contributed by atoms with E-state index in [2.05, 4.69) is 36.1 Å². The Labute approximate surface area is 87.3 Å². The Bertz CT molecular complexity index is 465. The number of nitrogens with zero attached hydrogens (tertiary/aromatic N) is 5. The van der Waals surface area contributed by atoms with Crippen LogP contribution in [0.25, 0.3) is 11.5 Å². The highest BCUT2D eigenvalue weighted by Gasteiger charge is 2.13. The second-order valence-corrected chi connectivity index (χ2v) is 3.33. The van der Waals surface area contributed by atoms with Gasteiger partial charge in [-0.25, -0.2) is 14.6 Å². The predicted molar refractivity (Wildman–Crippen MR) is 53.3 cm³/mol. The summed E-state index contributed by atoms with van der Waals surface area (Å²) in [5.41, 5.74) is 5.98. The summed E-state index contributed by atoms with van der Waals surface area (Å²) < 4.78 is 1.84. The maximum Gasteiger partial charge on any atom is 0.241 e. The lowest BCUT2D eigenvalue weighted by Crippen LogP contribution is -2.14. The van der Waals surface area contributed by atoms with Crippen molar-refractivity contribution in [1.29, 1.82) is 0 Å². The van der Waals surface area contributed by atoms with Gasteiger partial charge in [-0.05, 0) is 15.9 Å². The molecule has 0 amide bonds. The van der Waals surface area contributed by atoms with Crippen LogP contribution in [0.3, 0.4) is 0 Å². The Morgan fingerprint density at radius 3 is 2.71 bits per heavy atom. The first-order valence-electron chi connectivity index (χ1n) is 3.62. The van der Waals surface area contributed by atoms with Crippen LogP contribution in [0.1, 0.15) is 0 Å². The molecule has 7 nitrogen and oxygen atoms in total. The van der Waals surface area contributed by atoms with Gasteiger partial charge in [0.25, 0.3) is 0 Å². The van der Waals surface area contributed by atoms with Gasteiger partial charge in [0.1, 0.15) is 12.0 Å². The highest BCUT2D eigenvalue weighted by molar-refractivity contribution is 9.10. The number of aromatic nitrogens is 5. The Kier molecular flexibility index (Phi) is 2.04. The summed E-state index contributed by atoms with van der Waals surface area (Å²) in [5.74, 6) is 6.10. The number of rotatable bonds is 1. The minimum atomic E-state index is 0.130. The van der Waals surface area contributed by atoms with Crippen LogP contribution in [0.4, 0.5) is 5.95 Å². The third kappa shape index (κ3) is 1.29. The fourth-order valence-electron chi connectivity index (χ4n) is 0.942. The smallest absolute Gasteiger partial charge is 0.241 e. The lowest BCUT2D eigenvalue weighted by Gasteiger charge is -2.01. The maximum atomic E-state index is 5.59. The third-order valence-electron chi connectivity index (χ3n) is 1.60. The first-order valence-corrected chi connectivity index (χ1v) is 4.41. The van der Waals surface area contributed by atoms with E-state index in [9.17, 15) is 0 Å². The van der Waals surface area contributed by atoms with E-state index in [-0.39, 0.29) is 5.95 Å². The van der Waals surface area contributed by atoms with Crippen molar-refractivity contribution in [2.75, 3.05) is 11.6 Å². The standard InChI is InChI=1S/C6H6BrN7/c7-3-1-10-2-11-4(3)5-12-13-6(8)14(5)9/h1-2H,9H2,(H2,8,13). The van der Waals surface area contributed by atoms with Gasteiger partial charge in [-0.1, -0.05) is 0 Å². The van der Waals surface area contributed by atoms with Crippen molar-refractivity contribution < 1.29 is 0 Å². The lowest BCUT2D eigenvalue weighted by atomic mass is 10.4. The summed E-state index contributed by atoms with van der Waals surface area (Å²) in [7, 11) is 0. The van der Waals surface area contributed by atoms with Crippen LogP contribution in [-0.2, 0) is 0 Å². The van der Waals surface area contributed by atoms with E-state index in [1.165, 1.54) is 6.33 Å². The van der Waals surface area contributed by atoms with Crippen LogP contribution in [0, 0.1) is 0 Å². The van der Waals surface area contributed by atoms with E-state index < -0.39 is 0 Å². The first kappa shape index (κ1) is 8.88. The second-order valence-electron chi connectivity index (χ2n) is 2.47. The van der Waals surface area contributed by atoms with Gasteiger partial charge in [0.15, 0.2) is 0 Å². The van der Waals surface area contributed by atoms with Crippen molar-refractivity contribution in [3.05, 3.63) is 17.0 Å². The van der Waals surface area contributed by atoms with Crippen LogP contribution in [-0.4, -0.2) is 24.8 Å². The van der Waals surface area contributed by atoms with Crippen molar-refractivity contribution in [1.82, 2.24) is 24.8 Å². The SMILES string of the molecule is Nc1nnc(-c2ncncc2Br)n1N. The number of nitrogen functional groups attached to an aromatic ring is 2. The Morgan fingerprint density at radius 1 is 1.36 bits per heavy atom. The topological polar surface area (TPSA) is 109 Å². The zero-order valence-corrected chi connectivity index (χ0v) is 8.51. The fraction of sp³-hybridized carbons (Fsp3) is 0. The molecule has 0 aliphatic rings. The molecule has 4 N–H and O–H groups in total. The van der Waals surface area contributed by atoms with E-state index in [1.807, 2.05) is 0 Å². The molecule has 2 aromatic rings. The fourth-order valence-corrected chi connectivity index (χ4v) is 1.34. The molecule has 0 fully saturated rings. The molecule has 0 spiro atoms. The molecule has 0 saturated carbocycles. The molecule has 0 saturated heterocycles. The summed E-state index contributed by atoms with van der Waals surface area (Å²) in [6.45, 7) is 0. The molecule has 0 bridgehead atoms. The molecule has 72 valence electrons. The summed E-state index contributed by atoms with van der Waals surface area (Å²) in [5, 5.41) is 7.41. The van der Waals surface area contributed by atoms with Gasteiger partial charge >= 0.3 is 0 Å². The molecule has 0 aliphatic heterocycles. The van der Waals surface area contributed by atoms with Gasteiger partial charge in [0.2, 0.25) is 11.8 Å². The minimum Gasteiger partial charge on any atom is -0.366 e. The lowest BCUT2D eigenvalue weighted by molar-refractivity contribution is 0.999. The summed E-state index contributed by atoms with van der Waals surface area (Å²) in [6, 6.07) is 0. The zero-order valence-electron chi connectivity index (χ0n) is 6.92. The Morgan fingerprint density at radius 2 is 2.14 bits per heavy atom. The summed E-state index contributed by atoms with van der Waals surface area (Å²) >= 11 is 3.27. The number of nitrogens with two attached hydrogens (primary N) is 2. The van der Waals surface area contributed by atoms with E-state index in [0.29, 0.717) is 16.0 Å². The molecule has 8 heteroatoms. The van der Waals surface area contributed by atoms with Crippen molar-refractivity contribution in [3.63, 3.8) is 0 Å². The Hall–Kier alpha value is -1.70. The average Bonchev–Trinajstić information content (AvgIpc) is 2.49. The molecule has 0 aliphatic carbocycles. The van der Waals surface area contributed by atoms with E-state index >= 15 is 0 Å². The molecule has 14 heavy (non-hydrogen) atoms. The van der Waals surface area contributed by atoms with Gasteiger partial charge in [0, 0.05) is 6.20 Å². The largest absolute Gasteiger partial charge is 0.366 e. The van der Waals surface area contributed by atoms with Crippen LogP contribution >= 0.6 is 15.9 Å². The second kappa shape index (κ2) is 3.22. The van der Waals surface area contributed by atoms with Gasteiger partial charge < -0.3 is 11.6 Å². The van der Waals surface area contributed by atoms with Crippen molar-refractivity contribution in [3.8, 4) is 11.5 Å². The van der Waals surface area contributed by atoms with Crippen molar-refractivity contribution in [2.24, 2.45) is 0 Å². The van der Waals surface area contributed by atoms with Gasteiger partial charge in [-0.3, -0.25) is 0 Å². The maximum absolute atomic E-state index is 5.59. The molecular weight excluding hydrogens is 250 g/mol. The quantitative estimate of drug-likeness (QED) is 0.683. The van der Waals surface area contributed by atoms with Gasteiger partial charge in [0.05, 0.1) is 4.47 Å². The van der Waals surface area contributed by atoms with Crippen LogP contribution in [0.5, 0.6) is 0 Å². The van der Waals surface area contributed by atoms with Crippen LogP contribution in [0.2, 0.25) is 0 Å². The number of halogens is 1. The number of hydrogen-bond donors (Lipinski definition) is 2. The molecule has 2 rings (SSSR count). The van der Waals surface area contributed by atoms with Crippen molar-refractivity contribution in [2.45, 2.75) is 0 Å². The van der Waals surface area contributed by atoms with Crippen molar-refractivity contribution >= 4 is 21.9 Å². The molecule has 0 radical (unpaired) electrons. The van der Waals surface area contributed by atoms with Gasteiger partial charge in [-0.15, -0.1) is 10.2 Å². The average molecular weight is 256 g/mol. The summed E-state index contributed by atoms with van der Waals surface area (Å²) in [4.78, 5) is 7.83. The number of anilines is 1. The number of hydrogen-bond acceptors (Lipinski definition) is 6.